The van der Waals surface area contributed by atoms with Crippen molar-refractivity contribution < 1.29 is 14.6 Å². The zero-order valence-electron chi connectivity index (χ0n) is 10.9. The van der Waals surface area contributed by atoms with E-state index >= 15 is 0 Å². The largest absolute Gasteiger partial charge is 0.481 e. The molecule has 0 spiro atoms. The molecule has 1 aromatic rings. The van der Waals surface area contributed by atoms with Crippen LogP contribution in [0.5, 0.6) is 0 Å². The summed E-state index contributed by atoms with van der Waals surface area (Å²) in [5.41, 5.74) is 1.18. The minimum Gasteiger partial charge on any atom is -0.481 e. The van der Waals surface area contributed by atoms with Gasteiger partial charge < -0.3 is 9.84 Å². The third-order valence-electron chi connectivity index (χ3n) is 3.47. The van der Waals surface area contributed by atoms with E-state index in [1.807, 2.05) is 24.3 Å². The Morgan fingerprint density at radius 2 is 2.21 bits per heavy atom. The maximum Gasteiger partial charge on any atom is 0.306 e. The fourth-order valence-electron chi connectivity index (χ4n) is 2.36. The van der Waals surface area contributed by atoms with E-state index in [9.17, 15) is 4.79 Å². The van der Waals surface area contributed by atoms with Gasteiger partial charge in [-0.05, 0) is 24.6 Å². The Hall–Kier alpha value is -1.10. The zero-order valence-corrected chi connectivity index (χ0v) is 11.6. The van der Waals surface area contributed by atoms with Gasteiger partial charge >= 0.3 is 5.97 Å². The first-order valence-corrected chi connectivity index (χ1v) is 6.77. The number of morpholine rings is 1. The summed E-state index contributed by atoms with van der Waals surface area (Å²) >= 11 is 5.88. The van der Waals surface area contributed by atoms with Gasteiger partial charge in [0.2, 0.25) is 0 Å². The molecule has 5 heteroatoms. The molecule has 1 fully saturated rings. The molecule has 1 aliphatic rings. The third kappa shape index (κ3) is 3.93. The normalized spacial score (nSPS) is 22.1. The summed E-state index contributed by atoms with van der Waals surface area (Å²) in [6.45, 7) is 4.16. The van der Waals surface area contributed by atoms with Crippen LogP contribution in [0.1, 0.15) is 24.9 Å². The van der Waals surface area contributed by atoms with E-state index < -0.39 is 5.97 Å². The smallest absolute Gasteiger partial charge is 0.306 e. The fraction of sp³-hybridized carbons (Fsp3) is 0.500. The lowest BCUT2D eigenvalue weighted by Gasteiger charge is -2.36. The quantitative estimate of drug-likeness (QED) is 0.923. The highest BCUT2D eigenvalue weighted by Crippen LogP contribution is 2.24. The van der Waals surface area contributed by atoms with Gasteiger partial charge in [-0.1, -0.05) is 23.7 Å². The monoisotopic (exact) mass is 283 g/mol. The molecule has 1 saturated heterocycles. The highest BCUT2D eigenvalue weighted by atomic mass is 35.5. The molecule has 0 bridgehead atoms. The summed E-state index contributed by atoms with van der Waals surface area (Å²) in [7, 11) is 0. The van der Waals surface area contributed by atoms with Gasteiger partial charge in [-0.15, -0.1) is 0 Å². The molecule has 2 unspecified atom stereocenters. The summed E-state index contributed by atoms with van der Waals surface area (Å²) in [6.07, 6.45) is -0.162. The van der Waals surface area contributed by atoms with E-state index in [-0.39, 0.29) is 18.6 Å². The van der Waals surface area contributed by atoms with Crippen LogP contribution in [0.2, 0.25) is 5.02 Å². The molecular formula is C14H18ClNO3. The minimum absolute atomic E-state index is 0.0594. The van der Waals surface area contributed by atoms with Gasteiger partial charge in [0, 0.05) is 24.2 Å². The first kappa shape index (κ1) is 14.3. The molecule has 0 saturated carbocycles. The number of carboxylic acid groups (broad SMARTS) is 1. The molecule has 2 rings (SSSR count). The molecular weight excluding hydrogens is 266 g/mol. The second kappa shape index (κ2) is 6.37. The number of ether oxygens (including phenoxy) is 1. The van der Waals surface area contributed by atoms with Crippen LogP contribution < -0.4 is 0 Å². The lowest BCUT2D eigenvalue weighted by atomic mass is 10.1. The Kier molecular flexibility index (Phi) is 4.80. The number of hydrogen-bond donors (Lipinski definition) is 1. The van der Waals surface area contributed by atoms with E-state index in [2.05, 4.69) is 11.8 Å². The van der Waals surface area contributed by atoms with Crippen molar-refractivity contribution in [2.75, 3.05) is 19.7 Å². The molecule has 4 nitrogen and oxygen atoms in total. The van der Waals surface area contributed by atoms with Crippen LogP contribution in [0.4, 0.5) is 0 Å². The predicted octanol–water partition coefficient (Wildman–Crippen LogP) is 2.58. The first-order valence-electron chi connectivity index (χ1n) is 6.39. The van der Waals surface area contributed by atoms with Gasteiger partial charge in [0.05, 0.1) is 19.1 Å². The second-order valence-electron chi connectivity index (χ2n) is 4.81. The number of carboxylic acids is 1. The highest BCUT2D eigenvalue weighted by molar-refractivity contribution is 6.30. The molecule has 2 atom stereocenters. The molecule has 1 heterocycles. The predicted molar refractivity (Wildman–Crippen MR) is 73.4 cm³/mol. The lowest BCUT2D eigenvalue weighted by Crippen LogP contribution is -2.44. The average molecular weight is 284 g/mol. The van der Waals surface area contributed by atoms with Crippen molar-refractivity contribution >= 4 is 17.6 Å². The Morgan fingerprint density at radius 1 is 1.53 bits per heavy atom. The third-order valence-corrected chi connectivity index (χ3v) is 3.72. The van der Waals surface area contributed by atoms with Gasteiger partial charge in [-0.2, -0.15) is 0 Å². The number of rotatable bonds is 4. The van der Waals surface area contributed by atoms with Gasteiger partial charge in [0.1, 0.15) is 0 Å². The Morgan fingerprint density at radius 3 is 2.84 bits per heavy atom. The molecule has 0 aromatic heterocycles. The Balaban J connectivity index is 2.00. The standard InChI is InChI=1S/C14H18ClNO3/c1-10(11-2-4-12(15)5-3-11)16-6-7-19-13(9-16)8-14(17)18/h2-5,10,13H,6-9H2,1H3,(H,17,18). The van der Waals surface area contributed by atoms with Crippen molar-refractivity contribution in [1.82, 2.24) is 4.90 Å². The Bertz CT molecular complexity index is 435. The molecule has 0 amide bonds. The summed E-state index contributed by atoms with van der Waals surface area (Å²) in [4.78, 5) is 13.0. The second-order valence-corrected chi connectivity index (χ2v) is 5.25. The van der Waals surface area contributed by atoms with E-state index in [1.54, 1.807) is 0 Å². The fourth-order valence-corrected chi connectivity index (χ4v) is 2.49. The molecule has 0 aliphatic carbocycles. The Labute approximate surface area is 117 Å². The van der Waals surface area contributed by atoms with E-state index in [0.717, 1.165) is 11.6 Å². The average Bonchev–Trinajstić information content (AvgIpc) is 2.38. The molecule has 104 valence electrons. The van der Waals surface area contributed by atoms with Crippen LogP contribution in [-0.4, -0.2) is 41.8 Å². The maximum atomic E-state index is 10.7. The van der Waals surface area contributed by atoms with Crippen molar-refractivity contribution in [2.45, 2.75) is 25.5 Å². The zero-order chi connectivity index (χ0) is 13.8. The van der Waals surface area contributed by atoms with E-state index in [4.69, 9.17) is 21.4 Å². The summed E-state index contributed by atoms with van der Waals surface area (Å²) in [5, 5.41) is 9.55. The van der Waals surface area contributed by atoms with Crippen molar-refractivity contribution in [1.29, 1.82) is 0 Å². The van der Waals surface area contributed by atoms with Crippen LogP contribution >= 0.6 is 11.6 Å². The number of benzene rings is 1. The molecule has 19 heavy (non-hydrogen) atoms. The maximum absolute atomic E-state index is 10.7. The van der Waals surface area contributed by atoms with Gasteiger partial charge in [-0.25, -0.2) is 0 Å². The number of aliphatic carboxylic acids is 1. The topological polar surface area (TPSA) is 49.8 Å². The van der Waals surface area contributed by atoms with E-state index in [1.165, 1.54) is 5.56 Å². The highest BCUT2D eigenvalue weighted by Gasteiger charge is 2.26. The van der Waals surface area contributed by atoms with Crippen LogP contribution in [0.15, 0.2) is 24.3 Å². The number of nitrogens with zero attached hydrogens (tertiary/aromatic N) is 1. The van der Waals surface area contributed by atoms with Crippen molar-refractivity contribution in [3.8, 4) is 0 Å². The molecule has 1 N–H and O–H groups in total. The lowest BCUT2D eigenvalue weighted by molar-refractivity contribution is -0.142. The van der Waals surface area contributed by atoms with Gasteiger partial charge in [-0.3, -0.25) is 9.69 Å². The minimum atomic E-state index is -0.814. The molecule has 0 radical (unpaired) electrons. The van der Waals surface area contributed by atoms with Crippen LogP contribution in [0.3, 0.4) is 0 Å². The summed E-state index contributed by atoms with van der Waals surface area (Å²) < 4.78 is 5.48. The van der Waals surface area contributed by atoms with Crippen molar-refractivity contribution in [2.24, 2.45) is 0 Å². The number of carbonyl (C=O) groups is 1. The van der Waals surface area contributed by atoms with Crippen LogP contribution in [0, 0.1) is 0 Å². The molecule has 1 aromatic carbocycles. The first-order chi connectivity index (χ1) is 9.06. The van der Waals surface area contributed by atoms with E-state index in [0.29, 0.717) is 13.2 Å². The van der Waals surface area contributed by atoms with Crippen LogP contribution in [-0.2, 0) is 9.53 Å². The number of hydrogen-bond acceptors (Lipinski definition) is 3. The van der Waals surface area contributed by atoms with Gasteiger partial charge in [0.25, 0.3) is 0 Å². The van der Waals surface area contributed by atoms with Crippen molar-refractivity contribution in [3.05, 3.63) is 34.9 Å². The summed E-state index contributed by atoms with van der Waals surface area (Å²) in [5.74, 6) is -0.814. The number of halogens is 1. The summed E-state index contributed by atoms with van der Waals surface area (Å²) in [6, 6.07) is 8.01. The molecule has 1 aliphatic heterocycles. The van der Waals surface area contributed by atoms with Gasteiger partial charge in [0.15, 0.2) is 0 Å². The SMILES string of the molecule is CC(c1ccc(Cl)cc1)N1CCOC(CC(=O)O)C1. The van der Waals surface area contributed by atoms with Crippen molar-refractivity contribution in [3.63, 3.8) is 0 Å². The van der Waals surface area contributed by atoms with Crippen LogP contribution in [0.25, 0.3) is 0 Å².